The van der Waals surface area contributed by atoms with Gasteiger partial charge in [-0.2, -0.15) is 0 Å². The van der Waals surface area contributed by atoms with Crippen LogP contribution in [0.25, 0.3) is 0 Å². The molecule has 0 unspecified atom stereocenters. The van der Waals surface area contributed by atoms with E-state index >= 15 is 0 Å². The van der Waals surface area contributed by atoms with Crippen LogP contribution in [0.2, 0.25) is 0 Å². The highest BCUT2D eigenvalue weighted by Gasteiger charge is 2.18. The molecule has 0 saturated carbocycles. The maximum Gasteiger partial charge on any atom is 0.352 e. The van der Waals surface area contributed by atoms with Crippen molar-refractivity contribution < 1.29 is 23.9 Å². The number of aromatic nitrogens is 2. The Bertz CT molecular complexity index is 759. The van der Waals surface area contributed by atoms with Crippen LogP contribution in [0, 0.1) is 6.92 Å². The molecule has 24 heavy (non-hydrogen) atoms. The predicted octanol–water partition coefficient (Wildman–Crippen LogP) is 1.82. The summed E-state index contributed by atoms with van der Waals surface area (Å²) < 4.78 is 13.5. The van der Waals surface area contributed by atoms with Crippen LogP contribution in [0.3, 0.4) is 0 Å². The zero-order valence-corrected chi connectivity index (χ0v) is 13.9. The first-order chi connectivity index (χ1) is 11.5. The van der Waals surface area contributed by atoms with Gasteiger partial charge >= 0.3 is 11.9 Å². The molecule has 2 rings (SSSR count). The summed E-state index contributed by atoms with van der Waals surface area (Å²) in [5, 5.41) is 6.22. The van der Waals surface area contributed by atoms with E-state index in [2.05, 4.69) is 14.9 Å². The number of carbonyl (C=O) groups excluding carboxylic acids is 3. The summed E-state index contributed by atoms with van der Waals surface area (Å²) in [6.45, 7) is 3.04. The lowest BCUT2D eigenvalue weighted by Crippen LogP contribution is -2.22. The van der Waals surface area contributed by atoms with Crippen LogP contribution < -0.4 is 5.32 Å². The molecule has 2 aromatic rings. The molecule has 0 bridgehead atoms. The molecule has 0 aliphatic rings. The van der Waals surface area contributed by atoms with Gasteiger partial charge in [0.1, 0.15) is 0 Å². The molecule has 126 valence electrons. The molecule has 1 heterocycles. The third-order valence-corrected chi connectivity index (χ3v) is 3.68. The van der Waals surface area contributed by atoms with Crippen molar-refractivity contribution in [2.75, 3.05) is 18.5 Å². The largest absolute Gasteiger partial charge is 0.462 e. The lowest BCUT2D eigenvalue weighted by molar-refractivity contribution is -0.119. The van der Waals surface area contributed by atoms with E-state index in [0.29, 0.717) is 5.69 Å². The number of para-hydroxylation sites is 1. The van der Waals surface area contributed by atoms with Crippen LogP contribution in [0.5, 0.6) is 0 Å². The van der Waals surface area contributed by atoms with Gasteiger partial charge in [0.25, 0.3) is 5.91 Å². The van der Waals surface area contributed by atoms with E-state index in [9.17, 15) is 14.4 Å². The van der Waals surface area contributed by atoms with E-state index in [1.165, 1.54) is 6.07 Å². The highest BCUT2D eigenvalue weighted by Crippen LogP contribution is 2.16. The van der Waals surface area contributed by atoms with Crippen molar-refractivity contribution in [3.8, 4) is 0 Å². The Kier molecular flexibility index (Phi) is 5.96. The molecule has 0 atom stereocenters. The van der Waals surface area contributed by atoms with E-state index in [-0.39, 0.29) is 22.7 Å². The molecular weight excluding hydrogens is 334 g/mol. The molecule has 0 fully saturated rings. The number of hydrogen-bond acceptors (Lipinski definition) is 8. The summed E-state index contributed by atoms with van der Waals surface area (Å²) in [6.07, 6.45) is 0. The Morgan fingerprint density at radius 1 is 1.17 bits per heavy atom. The normalized spacial score (nSPS) is 10.1. The SMILES string of the molecule is CCOC(=O)c1ccccc1NC(=O)COC(=O)c1snnc1C. The van der Waals surface area contributed by atoms with Gasteiger partial charge in [-0.3, -0.25) is 4.79 Å². The Hall–Kier alpha value is -2.81. The fraction of sp³-hybridized carbons (Fsp3) is 0.267. The van der Waals surface area contributed by atoms with Gasteiger partial charge in [0.2, 0.25) is 0 Å². The van der Waals surface area contributed by atoms with Crippen molar-refractivity contribution >= 4 is 35.1 Å². The van der Waals surface area contributed by atoms with E-state index in [4.69, 9.17) is 9.47 Å². The molecule has 0 spiro atoms. The van der Waals surface area contributed by atoms with Gasteiger partial charge in [0.05, 0.1) is 23.6 Å². The van der Waals surface area contributed by atoms with Crippen molar-refractivity contribution in [3.63, 3.8) is 0 Å². The summed E-state index contributed by atoms with van der Waals surface area (Å²) >= 11 is 0.897. The van der Waals surface area contributed by atoms with Gasteiger partial charge < -0.3 is 14.8 Å². The zero-order valence-electron chi connectivity index (χ0n) is 13.1. The number of aryl methyl sites for hydroxylation is 1. The van der Waals surface area contributed by atoms with Crippen LogP contribution in [-0.2, 0) is 14.3 Å². The Balaban J connectivity index is 1.97. The van der Waals surface area contributed by atoms with Crippen LogP contribution in [0.4, 0.5) is 5.69 Å². The maximum absolute atomic E-state index is 11.9. The van der Waals surface area contributed by atoms with E-state index < -0.39 is 24.5 Å². The first-order valence-electron chi connectivity index (χ1n) is 7.05. The third-order valence-electron chi connectivity index (χ3n) is 2.87. The maximum atomic E-state index is 11.9. The minimum absolute atomic E-state index is 0.223. The standard InChI is InChI=1S/C15H15N3O5S/c1-3-22-14(20)10-6-4-5-7-11(10)16-12(19)8-23-15(21)13-9(2)17-18-24-13/h4-7H,3,8H2,1-2H3,(H,16,19). The van der Waals surface area contributed by atoms with Gasteiger partial charge in [-0.1, -0.05) is 16.6 Å². The second kappa shape index (κ2) is 8.16. The number of rotatable bonds is 6. The predicted molar refractivity (Wildman–Crippen MR) is 86.0 cm³/mol. The second-order valence-corrected chi connectivity index (χ2v) is 5.33. The fourth-order valence-corrected chi connectivity index (χ4v) is 2.33. The van der Waals surface area contributed by atoms with E-state index in [0.717, 1.165) is 11.5 Å². The van der Waals surface area contributed by atoms with Crippen molar-refractivity contribution in [2.45, 2.75) is 13.8 Å². The molecule has 1 N–H and O–H groups in total. The van der Waals surface area contributed by atoms with Crippen molar-refractivity contribution in [1.29, 1.82) is 0 Å². The summed E-state index contributed by atoms with van der Waals surface area (Å²) in [5.74, 6) is -1.79. The summed E-state index contributed by atoms with van der Waals surface area (Å²) in [7, 11) is 0. The average molecular weight is 349 g/mol. The van der Waals surface area contributed by atoms with Gasteiger partial charge in [0, 0.05) is 0 Å². The van der Waals surface area contributed by atoms with Gasteiger partial charge in [-0.25, -0.2) is 9.59 Å². The average Bonchev–Trinajstić information content (AvgIpc) is 2.99. The molecule has 9 heteroatoms. The molecule has 0 aliphatic carbocycles. The molecule has 1 aromatic heterocycles. The highest BCUT2D eigenvalue weighted by atomic mass is 32.1. The molecule has 0 aliphatic heterocycles. The first kappa shape index (κ1) is 17.5. The number of ether oxygens (including phenoxy) is 2. The van der Waals surface area contributed by atoms with Crippen LogP contribution >= 0.6 is 11.5 Å². The van der Waals surface area contributed by atoms with Crippen LogP contribution in [0.1, 0.15) is 32.6 Å². The van der Waals surface area contributed by atoms with Gasteiger partial charge in [0.15, 0.2) is 11.5 Å². The zero-order chi connectivity index (χ0) is 17.5. The minimum atomic E-state index is -0.670. The summed E-state index contributed by atoms with van der Waals surface area (Å²) in [4.78, 5) is 35.8. The summed E-state index contributed by atoms with van der Waals surface area (Å²) in [5.41, 5.74) is 0.951. The quantitative estimate of drug-likeness (QED) is 0.793. The molecule has 8 nitrogen and oxygen atoms in total. The molecule has 1 aromatic carbocycles. The van der Waals surface area contributed by atoms with Crippen molar-refractivity contribution in [3.05, 3.63) is 40.4 Å². The third kappa shape index (κ3) is 4.35. The molecular formula is C15H15N3O5S. The minimum Gasteiger partial charge on any atom is -0.462 e. The molecule has 0 saturated heterocycles. The van der Waals surface area contributed by atoms with Crippen LogP contribution in [-0.4, -0.2) is 40.6 Å². The number of carbonyl (C=O) groups is 3. The van der Waals surface area contributed by atoms with Crippen molar-refractivity contribution in [2.24, 2.45) is 0 Å². The Morgan fingerprint density at radius 2 is 1.92 bits per heavy atom. The lowest BCUT2D eigenvalue weighted by atomic mass is 10.2. The van der Waals surface area contributed by atoms with E-state index in [1.54, 1.807) is 32.0 Å². The fourth-order valence-electron chi connectivity index (χ4n) is 1.78. The lowest BCUT2D eigenvalue weighted by Gasteiger charge is -2.10. The van der Waals surface area contributed by atoms with E-state index in [1.807, 2.05) is 0 Å². The number of esters is 2. The Labute approximate surface area is 141 Å². The monoisotopic (exact) mass is 349 g/mol. The van der Waals surface area contributed by atoms with Crippen LogP contribution in [0.15, 0.2) is 24.3 Å². The van der Waals surface area contributed by atoms with Gasteiger partial charge in [-0.05, 0) is 37.5 Å². The van der Waals surface area contributed by atoms with Gasteiger partial charge in [-0.15, -0.1) is 5.10 Å². The number of anilines is 1. The Morgan fingerprint density at radius 3 is 2.58 bits per heavy atom. The number of nitrogens with zero attached hydrogens (tertiary/aromatic N) is 2. The molecule has 1 amide bonds. The highest BCUT2D eigenvalue weighted by molar-refractivity contribution is 7.07. The topological polar surface area (TPSA) is 107 Å². The smallest absolute Gasteiger partial charge is 0.352 e. The first-order valence-corrected chi connectivity index (χ1v) is 7.82. The number of benzene rings is 1. The number of nitrogens with one attached hydrogen (secondary N) is 1. The number of hydrogen-bond donors (Lipinski definition) is 1. The molecule has 0 radical (unpaired) electrons. The number of amides is 1. The second-order valence-electron chi connectivity index (χ2n) is 4.58. The summed E-state index contributed by atoms with van der Waals surface area (Å²) in [6, 6.07) is 6.41. The van der Waals surface area contributed by atoms with Crippen molar-refractivity contribution in [1.82, 2.24) is 9.59 Å².